The lowest BCUT2D eigenvalue weighted by Gasteiger charge is -2.20. The van der Waals surface area contributed by atoms with Crippen molar-refractivity contribution in [1.82, 2.24) is 4.98 Å². The molecule has 0 unspecified atom stereocenters. The quantitative estimate of drug-likeness (QED) is 0.434. The lowest BCUT2D eigenvalue weighted by atomic mass is 10.1. The summed E-state index contributed by atoms with van der Waals surface area (Å²) < 4.78 is 17.4. The summed E-state index contributed by atoms with van der Waals surface area (Å²) in [5, 5.41) is 0.620. The molecule has 0 radical (unpaired) electrons. The first-order valence-electron chi connectivity index (χ1n) is 9.83. The smallest absolute Gasteiger partial charge is 0.260 e. The van der Waals surface area contributed by atoms with Crippen LogP contribution in [0.25, 0.3) is 10.2 Å². The first kappa shape index (κ1) is 19.4. The number of rotatable bonds is 5. The number of thiazole rings is 1. The maximum absolute atomic E-state index is 13.6. The number of fused-ring (bicyclic) bond motifs is 2. The molecule has 1 aliphatic rings. The van der Waals surface area contributed by atoms with Crippen LogP contribution in [0.15, 0.2) is 60.7 Å². The standard InChI is InChI=1S/C24H20N2O4S/c1-15-8-10-19(28-2)21-22(15)31-24(25-21)26(13-16-6-4-3-5-7-16)23(27)17-9-11-18-20(12-17)30-14-29-18/h3-12H,13-14H2,1-2H3. The number of carbonyl (C=O) groups is 1. The number of aromatic nitrogens is 1. The molecule has 1 amide bonds. The number of methoxy groups -OCH3 is 1. The van der Waals surface area contributed by atoms with Crippen molar-refractivity contribution >= 4 is 32.6 Å². The molecule has 4 aromatic rings. The molecule has 7 heteroatoms. The summed E-state index contributed by atoms with van der Waals surface area (Å²) in [7, 11) is 1.63. The minimum Gasteiger partial charge on any atom is -0.494 e. The van der Waals surface area contributed by atoms with Crippen molar-refractivity contribution in [2.45, 2.75) is 13.5 Å². The van der Waals surface area contributed by atoms with E-state index in [1.807, 2.05) is 49.4 Å². The molecule has 5 rings (SSSR count). The zero-order chi connectivity index (χ0) is 21.4. The van der Waals surface area contributed by atoms with E-state index in [4.69, 9.17) is 19.2 Å². The third kappa shape index (κ3) is 3.57. The van der Waals surface area contributed by atoms with Crippen molar-refractivity contribution in [2.24, 2.45) is 0 Å². The fraction of sp³-hybridized carbons (Fsp3) is 0.167. The summed E-state index contributed by atoms with van der Waals surface area (Å²) in [6.45, 7) is 2.60. The minimum atomic E-state index is -0.155. The van der Waals surface area contributed by atoms with E-state index in [2.05, 4.69) is 0 Å². The Balaban J connectivity index is 1.60. The summed E-state index contributed by atoms with van der Waals surface area (Å²) in [6.07, 6.45) is 0. The number of hydrogen-bond acceptors (Lipinski definition) is 6. The van der Waals surface area contributed by atoms with Crippen LogP contribution in [0.5, 0.6) is 17.2 Å². The van der Waals surface area contributed by atoms with Gasteiger partial charge in [0.05, 0.1) is 18.4 Å². The molecule has 0 bridgehead atoms. The van der Waals surface area contributed by atoms with E-state index in [1.54, 1.807) is 30.2 Å². The Morgan fingerprint density at radius 3 is 2.71 bits per heavy atom. The molecule has 6 nitrogen and oxygen atoms in total. The Morgan fingerprint density at radius 2 is 1.90 bits per heavy atom. The predicted molar refractivity (Wildman–Crippen MR) is 120 cm³/mol. The summed E-state index contributed by atoms with van der Waals surface area (Å²) in [6, 6.07) is 19.0. The average Bonchev–Trinajstić information content (AvgIpc) is 3.45. The number of anilines is 1. The van der Waals surface area contributed by atoms with E-state index in [0.717, 1.165) is 21.3 Å². The van der Waals surface area contributed by atoms with Gasteiger partial charge in [-0.15, -0.1) is 0 Å². The molecule has 0 N–H and O–H groups in total. The van der Waals surface area contributed by atoms with Crippen molar-refractivity contribution in [3.8, 4) is 17.2 Å². The lowest BCUT2D eigenvalue weighted by Crippen LogP contribution is -2.30. The number of aryl methyl sites for hydroxylation is 1. The second-order valence-electron chi connectivity index (χ2n) is 7.20. The van der Waals surface area contributed by atoms with Gasteiger partial charge in [0.2, 0.25) is 6.79 Å². The van der Waals surface area contributed by atoms with Crippen LogP contribution in [0, 0.1) is 6.92 Å². The predicted octanol–water partition coefficient (Wildman–Crippen LogP) is 5.19. The van der Waals surface area contributed by atoms with Crippen molar-refractivity contribution in [3.05, 3.63) is 77.4 Å². The number of ether oxygens (including phenoxy) is 3. The van der Waals surface area contributed by atoms with Crippen LogP contribution in [0.1, 0.15) is 21.5 Å². The summed E-state index contributed by atoms with van der Waals surface area (Å²) in [5.74, 6) is 1.76. The molecule has 1 aromatic heterocycles. The van der Waals surface area contributed by atoms with E-state index >= 15 is 0 Å². The summed E-state index contributed by atoms with van der Waals surface area (Å²) in [4.78, 5) is 20.1. The van der Waals surface area contributed by atoms with Crippen LogP contribution >= 0.6 is 11.3 Å². The molecule has 2 heterocycles. The van der Waals surface area contributed by atoms with E-state index in [9.17, 15) is 4.79 Å². The highest BCUT2D eigenvalue weighted by molar-refractivity contribution is 7.22. The first-order chi connectivity index (χ1) is 15.1. The third-order valence-corrected chi connectivity index (χ3v) is 6.40. The Kier molecular flexibility index (Phi) is 4.95. The second kappa shape index (κ2) is 7.92. The highest BCUT2D eigenvalue weighted by atomic mass is 32.1. The van der Waals surface area contributed by atoms with Gasteiger partial charge in [0, 0.05) is 5.56 Å². The van der Waals surface area contributed by atoms with Crippen molar-refractivity contribution in [2.75, 3.05) is 18.8 Å². The summed E-state index contributed by atoms with van der Waals surface area (Å²) >= 11 is 1.49. The minimum absolute atomic E-state index is 0.155. The molecule has 156 valence electrons. The van der Waals surface area contributed by atoms with E-state index < -0.39 is 0 Å². The topological polar surface area (TPSA) is 60.9 Å². The van der Waals surface area contributed by atoms with Crippen molar-refractivity contribution in [3.63, 3.8) is 0 Å². The monoisotopic (exact) mass is 432 g/mol. The van der Waals surface area contributed by atoms with Gasteiger partial charge in [-0.2, -0.15) is 0 Å². The number of carbonyl (C=O) groups excluding carboxylic acids is 1. The lowest BCUT2D eigenvalue weighted by molar-refractivity contribution is 0.0984. The highest BCUT2D eigenvalue weighted by Gasteiger charge is 2.25. The molecule has 31 heavy (non-hydrogen) atoms. The van der Waals surface area contributed by atoms with Gasteiger partial charge in [-0.1, -0.05) is 47.7 Å². The van der Waals surface area contributed by atoms with Gasteiger partial charge in [-0.25, -0.2) is 4.98 Å². The fourth-order valence-electron chi connectivity index (χ4n) is 3.56. The van der Waals surface area contributed by atoms with E-state index in [0.29, 0.717) is 34.5 Å². The molecule has 0 fully saturated rings. The summed E-state index contributed by atoms with van der Waals surface area (Å²) in [5.41, 5.74) is 3.39. The molecule has 0 aliphatic carbocycles. The largest absolute Gasteiger partial charge is 0.494 e. The van der Waals surface area contributed by atoms with Gasteiger partial charge in [0.15, 0.2) is 16.6 Å². The normalized spacial score (nSPS) is 12.2. The SMILES string of the molecule is COc1ccc(C)c2sc(N(Cc3ccccc3)C(=O)c3ccc4c(c3)OCO4)nc12. The van der Waals surface area contributed by atoms with Crippen molar-refractivity contribution < 1.29 is 19.0 Å². The van der Waals surface area contributed by atoms with Crippen LogP contribution in [-0.2, 0) is 6.54 Å². The molecule has 0 spiro atoms. The van der Waals surface area contributed by atoms with Gasteiger partial charge < -0.3 is 14.2 Å². The van der Waals surface area contributed by atoms with Crippen molar-refractivity contribution in [1.29, 1.82) is 0 Å². The van der Waals surface area contributed by atoms with Crippen LogP contribution in [0.3, 0.4) is 0 Å². The maximum Gasteiger partial charge on any atom is 0.260 e. The van der Waals surface area contributed by atoms with Crippen LogP contribution in [0.2, 0.25) is 0 Å². The zero-order valence-corrected chi connectivity index (χ0v) is 17.9. The van der Waals surface area contributed by atoms with E-state index in [1.165, 1.54) is 11.3 Å². The van der Waals surface area contributed by atoms with Crippen LogP contribution < -0.4 is 19.1 Å². The first-order valence-corrected chi connectivity index (χ1v) is 10.7. The number of amides is 1. The van der Waals surface area contributed by atoms with Crippen LogP contribution in [0.4, 0.5) is 5.13 Å². The van der Waals surface area contributed by atoms with Gasteiger partial charge in [0.1, 0.15) is 11.3 Å². The Morgan fingerprint density at radius 1 is 1.10 bits per heavy atom. The zero-order valence-electron chi connectivity index (χ0n) is 17.1. The second-order valence-corrected chi connectivity index (χ2v) is 8.18. The third-order valence-electron chi connectivity index (χ3n) is 5.19. The number of nitrogens with zero attached hydrogens (tertiary/aromatic N) is 2. The molecule has 3 aromatic carbocycles. The highest BCUT2D eigenvalue weighted by Crippen LogP contribution is 2.38. The Labute approximate surface area is 183 Å². The molecule has 0 saturated carbocycles. The molecular formula is C24H20N2O4S. The molecule has 0 atom stereocenters. The number of hydrogen-bond donors (Lipinski definition) is 0. The maximum atomic E-state index is 13.6. The van der Waals surface area contributed by atoms with E-state index in [-0.39, 0.29) is 12.7 Å². The van der Waals surface area contributed by atoms with Gasteiger partial charge in [-0.3, -0.25) is 9.69 Å². The average molecular weight is 433 g/mol. The van der Waals surface area contributed by atoms with Crippen LogP contribution in [-0.4, -0.2) is 24.8 Å². The Hall–Kier alpha value is -3.58. The Bertz CT molecular complexity index is 1270. The fourth-order valence-corrected chi connectivity index (χ4v) is 4.61. The van der Waals surface area contributed by atoms with Gasteiger partial charge >= 0.3 is 0 Å². The molecule has 1 aliphatic heterocycles. The molecular weight excluding hydrogens is 412 g/mol. The molecule has 0 saturated heterocycles. The van der Waals surface area contributed by atoms with Gasteiger partial charge in [0.25, 0.3) is 5.91 Å². The van der Waals surface area contributed by atoms with Gasteiger partial charge in [-0.05, 0) is 42.3 Å². The number of benzene rings is 3.